The van der Waals surface area contributed by atoms with Gasteiger partial charge in [0.1, 0.15) is 12.4 Å². The first kappa shape index (κ1) is 23.6. The SMILES string of the molecule is COc1ccnc(C(=O)NC2CC(O[Si](C)(C)C(C)(C)C)O[C@@H](C)C2OC)c1O. The summed E-state index contributed by atoms with van der Waals surface area (Å²) in [6.07, 6.45) is 0.768. The molecule has 1 saturated heterocycles. The number of hydrogen-bond acceptors (Lipinski definition) is 7. The molecule has 0 aromatic carbocycles. The van der Waals surface area contributed by atoms with Crippen LogP contribution in [0.15, 0.2) is 12.3 Å². The van der Waals surface area contributed by atoms with Crippen LogP contribution in [0.4, 0.5) is 0 Å². The molecule has 4 atom stereocenters. The molecule has 29 heavy (non-hydrogen) atoms. The maximum Gasteiger partial charge on any atom is 0.274 e. The van der Waals surface area contributed by atoms with E-state index in [0.717, 1.165) is 0 Å². The van der Waals surface area contributed by atoms with Crippen molar-refractivity contribution in [2.75, 3.05) is 14.2 Å². The summed E-state index contributed by atoms with van der Waals surface area (Å²) in [6.45, 7) is 12.7. The largest absolute Gasteiger partial charge is 0.503 e. The molecular formula is C20H34N2O6Si. The summed E-state index contributed by atoms with van der Waals surface area (Å²) in [6, 6.07) is 1.13. The molecule has 164 valence electrons. The number of aromatic hydroxyl groups is 1. The number of ether oxygens (including phenoxy) is 3. The van der Waals surface area contributed by atoms with E-state index < -0.39 is 20.5 Å². The quantitative estimate of drug-likeness (QED) is 0.675. The third-order valence-corrected chi connectivity index (χ3v) is 10.3. The van der Waals surface area contributed by atoms with Crippen molar-refractivity contribution in [1.82, 2.24) is 10.3 Å². The molecular weight excluding hydrogens is 392 g/mol. The Bertz CT molecular complexity index is 721. The number of amides is 1. The van der Waals surface area contributed by atoms with Gasteiger partial charge in [-0.25, -0.2) is 4.98 Å². The lowest BCUT2D eigenvalue weighted by Gasteiger charge is -2.45. The summed E-state index contributed by atoms with van der Waals surface area (Å²) in [5, 5.41) is 13.2. The van der Waals surface area contributed by atoms with Gasteiger partial charge in [-0.1, -0.05) is 20.8 Å². The first-order valence-corrected chi connectivity index (χ1v) is 12.7. The molecule has 0 bridgehead atoms. The number of pyridine rings is 1. The number of aromatic nitrogens is 1. The average Bonchev–Trinajstić information content (AvgIpc) is 2.60. The van der Waals surface area contributed by atoms with E-state index >= 15 is 0 Å². The van der Waals surface area contributed by atoms with Gasteiger partial charge >= 0.3 is 0 Å². The minimum Gasteiger partial charge on any atom is -0.503 e. The lowest BCUT2D eigenvalue weighted by Crippen LogP contribution is -2.58. The first-order chi connectivity index (χ1) is 13.4. The highest BCUT2D eigenvalue weighted by molar-refractivity contribution is 6.74. The summed E-state index contributed by atoms with van der Waals surface area (Å²) < 4.78 is 23.1. The Morgan fingerprint density at radius 2 is 2.00 bits per heavy atom. The zero-order chi connectivity index (χ0) is 22.0. The number of carbonyl (C=O) groups excluding carboxylic acids is 1. The Hall–Kier alpha value is -1.68. The summed E-state index contributed by atoms with van der Waals surface area (Å²) in [4.78, 5) is 16.8. The van der Waals surface area contributed by atoms with E-state index in [1.54, 1.807) is 7.11 Å². The zero-order valence-corrected chi connectivity index (χ0v) is 19.6. The Labute approximate surface area is 174 Å². The third kappa shape index (κ3) is 5.27. The van der Waals surface area contributed by atoms with Crippen LogP contribution in [0.5, 0.6) is 11.5 Å². The van der Waals surface area contributed by atoms with Gasteiger partial charge in [-0.15, -0.1) is 0 Å². The molecule has 0 aliphatic carbocycles. The van der Waals surface area contributed by atoms with Crippen molar-refractivity contribution in [1.29, 1.82) is 0 Å². The van der Waals surface area contributed by atoms with Crippen molar-refractivity contribution in [2.24, 2.45) is 0 Å². The minimum atomic E-state index is -2.06. The smallest absolute Gasteiger partial charge is 0.274 e. The molecule has 1 aromatic heterocycles. The van der Waals surface area contributed by atoms with Crippen molar-refractivity contribution in [3.63, 3.8) is 0 Å². The van der Waals surface area contributed by atoms with E-state index in [2.05, 4.69) is 44.2 Å². The lowest BCUT2D eigenvalue weighted by atomic mass is 9.99. The van der Waals surface area contributed by atoms with Crippen molar-refractivity contribution < 1.29 is 28.5 Å². The van der Waals surface area contributed by atoms with Crippen LogP contribution in [0, 0.1) is 0 Å². The minimum absolute atomic E-state index is 0.0345. The molecule has 3 unspecified atom stereocenters. The fourth-order valence-electron chi connectivity index (χ4n) is 3.12. The van der Waals surface area contributed by atoms with E-state index in [0.29, 0.717) is 6.42 Å². The van der Waals surface area contributed by atoms with Crippen LogP contribution in [-0.4, -0.2) is 63.1 Å². The summed E-state index contributed by atoms with van der Waals surface area (Å²) in [7, 11) is 0.944. The van der Waals surface area contributed by atoms with Crippen molar-refractivity contribution in [2.45, 2.75) is 76.8 Å². The molecule has 2 N–H and O–H groups in total. The van der Waals surface area contributed by atoms with Gasteiger partial charge in [-0.05, 0) is 25.1 Å². The second kappa shape index (κ2) is 8.99. The molecule has 1 fully saturated rings. The Kier molecular flexibility index (Phi) is 7.31. The fourth-order valence-corrected chi connectivity index (χ4v) is 4.29. The van der Waals surface area contributed by atoms with Crippen LogP contribution in [0.2, 0.25) is 18.1 Å². The summed E-state index contributed by atoms with van der Waals surface area (Å²) in [5.74, 6) is -0.614. The van der Waals surface area contributed by atoms with E-state index in [-0.39, 0.29) is 40.5 Å². The van der Waals surface area contributed by atoms with Crippen LogP contribution in [0.25, 0.3) is 0 Å². The van der Waals surface area contributed by atoms with Crippen LogP contribution in [0.3, 0.4) is 0 Å². The second-order valence-corrected chi connectivity index (χ2v) is 13.6. The summed E-state index contributed by atoms with van der Waals surface area (Å²) in [5.41, 5.74) is -0.0970. The van der Waals surface area contributed by atoms with E-state index in [1.165, 1.54) is 19.4 Å². The molecule has 9 heteroatoms. The molecule has 1 amide bonds. The van der Waals surface area contributed by atoms with Gasteiger partial charge in [-0.2, -0.15) is 0 Å². The van der Waals surface area contributed by atoms with E-state index in [4.69, 9.17) is 18.6 Å². The second-order valence-electron chi connectivity index (χ2n) is 8.88. The third-order valence-electron chi connectivity index (χ3n) is 5.82. The van der Waals surface area contributed by atoms with Crippen LogP contribution < -0.4 is 10.1 Å². The number of carbonyl (C=O) groups is 1. The molecule has 1 aliphatic rings. The van der Waals surface area contributed by atoms with Gasteiger partial charge in [0.25, 0.3) is 5.91 Å². The Morgan fingerprint density at radius 3 is 2.55 bits per heavy atom. The van der Waals surface area contributed by atoms with Crippen LogP contribution in [0.1, 0.15) is 44.6 Å². The van der Waals surface area contributed by atoms with Gasteiger partial charge in [-0.3, -0.25) is 4.79 Å². The van der Waals surface area contributed by atoms with Crippen LogP contribution in [-0.2, 0) is 13.9 Å². The number of rotatable bonds is 6. The predicted octanol–water partition coefficient (Wildman–Crippen LogP) is 3.07. The highest BCUT2D eigenvalue weighted by atomic mass is 28.4. The standard InChI is InChI=1S/C20H34N2O6Si/c1-12-18(26-6)13(11-15(27-12)28-29(7,8)20(2,3)4)22-19(24)16-17(23)14(25-5)9-10-21-16/h9-10,12-13,15,18,23H,11H2,1-8H3,(H,22,24)/t12-,13?,15?,18?/m0/s1. The molecule has 1 aromatic rings. The van der Waals surface area contributed by atoms with Gasteiger partial charge < -0.3 is 29.1 Å². The predicted molar refractivity (Wildman–Crippen MR) is 112 cm³/mol. The molecule has 0 saturated carbocycles. The van der Waals surface area contributed by atoms with Crippen LogP contribution >= 0.6 is 0 Å². The maximum atomic E-state index is 12.8. The average molecular weight is 427 g/mol. The number of nitrogens with one attached hydrogen (secondary N) is 1. The zero-order valence-electron chi connectivity index (χ0n) is 18.6. The highest BCUT2D eigenvalue weighted by Gasteiger charge is 2.44. The van der Waals surface area contributed by atoms with Gasteiger partial charge in [0.05, 0.1) is 19.3 Å². The lowest BCUT2D eigenvalue weighted by molar-refractivity contribution is -0.200. The topological polar surface area (TPSA) is 99.1 Å². The Balaban J connectivity index is 2.19. The maximum absolute atomic E-state index is 12.8. The fraction of sp³-hybridized carbons (Fsp3) is 0.700. The van der Waals surface area contributed by atoms with Crippen molar-refractivity contribution in [3.8, 4) is 11.5 Å². The Morgan fingerprint density at radius 1 is 1.34 bits per heavy atom. The molecule has 0 radical (unpaired) electrons. The molecule has 0 spiro atoms. The molecule has 8 nitrogen and oxygen atoms in total. The molecule has 2 rings (SSSR count). The number of methoxy groups -OCH3 is 2. The van der Waals surface area contributed by atoms with Gasteiger partial charge in [0.2, 0.25) is 0 Å². The van der Waals surface area contributed by atoms with Gasteiger partial charge in [0.15, 0.2) is 25.5 Å². The monoisotopic (exact) mass is 426 g/mol. The first-order valence-electron chi connectivity index (χ1n) is 9.80. The van der Waals surface area contributed by atoms with Crippen molar-refractivity contribution in [3.05, 3.63) is 18.0 Å². The highest BCUT2D eigenvalue weighted by Crippen LogP contribution is 2.39. The normalized spacial score (nSPS) is 25.5. The number of nitrogens with zero attached hydrogens (tertiary/aromatic N) is 1. The molecule has 2 heterocycles. The summed E-state index contributed by atoms with van der Waals surface area (Å²) >= 11 is 0. The number of hydrogen-bond donors (Lipinski definition) is 2. The molecule has 1 aliphatic heterocycles. The van der Waals surface area contributed by atoms with E-state index in [1.807, 2.05) is 6.92 Å². The van der Waals surface area contributed by atoms with Crippen molar-refractivity contribution >= 4 is 14.2 Å². The van der Waals surface area contributed by atoms with E-state index in [9.17, 15) is 9.90 Å². The van der Waals surface area contributed by atoms with Gasteiger partial charge in [0, 0.05) is 25.8 Å².